The van der Waals surface area contributed by atoms with Gasteiger partial charge in [-0.15, -0.1) is 0 Å². The van der Waals surface area contributed by atoms with Crippen LogP contribution in [0.5, 0.6) is 0 Å². The molecule has 6 heteroatoms. The molecule has 0 aromatic heterocycles. The van der Waals surface area contributed by atoms with Crippen LogP contribution >= 0.6 is 0 Å². The highest BCUT2D eigenvalue weighted by Crippen LogP contribution is 2.19. The van der Waals surface area contributed by atoms with Crippen LogP contribution in [0.2, 0.25) is 0 Å². The standard InChI is InChI=1S/C57H111NO5/c1-4-7-10-13-16-19-22-25-28-30-33-36-39-42-45-48-53(63-57(62)50-47-44-41-38-35-32-29-26-23-20-17-14-11-8-5-2)51-56(61)58-54(52-59)55(60)49-46-43-40-37-34-31-27-24-21-18-15-12-9-6-3/h20,23,53-55,59-60H,4-19,21-22,24-52H2,1-3H3,(H,58,61)/b23-20-. The fourth-order valence-electron chi connectivity index (χ4n) is 9.02. The van der Waals surface area contributed by atoms with E-state index in [4.69, 9.17) is 4.74 Å². The number of allylic oxidation sites excluding steroid dienone is 2. The van der Waals surface area contributed by atoms with Crippen molar-refractivity contribution >= 4 is 11.9 Å². The Balaban J connectivity index is 4.52. The van der Waals surface area contributed by atoms with Crippen LogP contribution in [0.4, 0.5) is 0 Å². The molecule has 3 N–H and O–H groups in total. The van der Waals surface area contributed by atoms with Gasteiger partial charge < -0.3 is 20.3 Å². The summed E-state index contributed by atoms with van der Waals surface area (Å²) < 4.78 is 5.96. The van der Waals surface area contributed by atoms with E-state index in [9.17, 15) is 19.8 Å². The Labute approximate surface area is 393 Å². The number of unbranched alkanes of at least 4 members (excludes halogenated alkanes) is 38. The van der Waals surface area contributed by atoms with Crippen LogP contribution in [0.1, 0.15) is 316 Å². The first-order chi connectivity index (χ1) is 31.0. The molecule has 0 fully saturated rings. The molecule has 0 aromatic carbocycles. The van der Waals surface area contributed by atoms with Crippen LogP contribution in [-0.2, 0) is 14.3 Å². The maximum atomic E-state index is 13.2. The molecule has 1 amide bonds. The zero-order valence-corrected chi connectivity index (χ0v) is 42.7. The van der Waals surface area contributed by atoms with Gasteiger partial charge in [0, 0.05) is 6.42 Å². The van der Waals surface area contributed by atoms with Crippen LogP contribution in [-0.4, -0.2) is 46.9 Å². The molecule has 0 rings (SSSR count). The quantitative estimate of drug-likeness (QED) is 0.0321. The van der Waals surface area contributed by atoms with Gasteiger partial charge in [-0.1, -0.05) is 264 Å². The molecule has 3 unspecified atom stereocenters. The SMILES string of the molecule is CCCCCC/C=C\CCCCCCCCCC(=O)OC(CCCCCCCCCCCCCCCCC)CC(=O)NC(CO)C(O)CCCCCCCCCCCCCCCC. The molecule has 0 saturated carbocycles. The number of nitrogens with one attached hydrogen (secondary N) is 1. The van der Waals surface area contributed by atoms with Gasteiger partial charge in [0.2, 0.25) is 5.91 Å². The van der Waals surface area contributed by atoms with Crippen molar-refractivity contribution in [3.8, 4) is 0 Å². The molecule has 0 heterocycles. The third-order valence-corrected chi connectivity index (χ3v) is 13.3. The molecule has 0 aliphatic carbocycles. The largest absolute Gasteiger partial charge is 0.462 e. The number of amides is 1. The van der Waals surface area contributed by atoms with E-state index in [2.05, 4.69) is 38.2 Å². The fourth-order valence-corrected chi connectivity index (χ4v) is 9.02. The first-order valence-corrected chi connectivity index (χ1v) is 28.4. The van der Waals surface area contributed by atoms with Crippen LogP contribution in [0.3, 0.4) is 0 Å². The second-order valence-electron chi connectivity index (χ2n) is 19.7. The Morgan fingerprint density at radius 2 is 0.762 bits per heavy atom. The number of hydrogen-bond donors (Lipinski definition) is 3. The van der Waals surface area contributed by atoms with Crippen LogP contribution in [0, 0.1) is 0 Å². The summed E-state index contributed by atoms with van der Waals surface area (Å²) in [5, 5.41) is 23.9. The number of aliphatic hydroxyl groups excluding tert-OH is 2. The summed E-state index contributed by atoms with van der Waals surface area (Å²) >= 11 is 0. The van der Waals surface area contributed by atoms with Crippen molar-refractivity contribution in [3.63, 3.8) is 0 Å². The van der Waals surface area contributed by atoms with E-state index in [1.165, 1.54) is 225 Å². The highest BCUT2D eigenvalue weighted by molar-refractivity contribution is 5.77. The maximum absolute atomic E-state index is 13.2. The first kappa shape index (κ1) is 61.6. The molecule has 0 aliphatic rings. The van der Waals surface area contributed by atoms with Gasteiger partial charge in [0.05, 0.1) is 25.2 Å². The maximum Gasteiger partial charge on any atom is 0.306 e. The Morgan fingerprint density at radius 3 is 1.14 bits per heavy atom. The zero-order valence-electron chi connectivity index (χ0n) is 42.7. The first-order valence-electron chi connectivity index (χ1n) is 28.4. The van der Waals surface area contributed by atoms with E-state index in [-0.39, 0.29) is 24.9 Å². The minimum absolute atomic E-state index is 0.0838. The molecular weight excluding hydrogens is 779 g/mol. The van der Waals surface area contributed by atoms with E-state index < -0.39 is 18.2 Å². The summed E-state index contributed by atoms with van der Waals surface area (Å²) in [7, 11) is 0. The molecule has 63 heavy (non-hydrogen) atoms. The number of carbonyl (C=O) groups is 2. The van der Waals surface area contributed by atoms with Crippen molar-refractivity contribution < 1.29 is 24.5 Å². The topological polar surface area (TPSA) is 95.9 Å². The van der Waals surface area contributed by atoms with Crippen molar-refractivity contribution in [3.05, 3.63) is 12.2 Å². The minimum atomic E-state index is -0.783. The van der Waals surface area contributed by atoms with Crippen molar-refractivity contribution in [1.29, 1.82) is 0 Å². The Bertz CT molecular complexity index is 955. The molecular formula is C57H111NO5. The van der Waals surface area contributed by atoms with Crippen LogP contribution in [0.15, 0.2) is 12.2 Å². The molecule has 0 spiro atoms. The van der Waals surface area contributed by atoms with E-state index in [1.807, 2.05) is 0 Å². The van der Waals surface area contributed by atoms with E-state index in [0.29, 0.717) is 19.3 Å². The molecule has 3 atom stereocenters. The monoisotopic (exact) mass is 890 g/mol. The van der Waals surface area contributed by atoms with Crippen molar-refractivity contribution in [2.75, 3.05) is 6.61 Å². The number of hydrogen-bond acceptors (Lipinski definition) is 5. The Kier molecular flexibility index (Phi) is 50.4. The highest BCUT2D eigenvalue weighted by atomic mass is 16.5. The average molecular weight is 891 g/mol. The second kappa shape index (κ2) is 51.6. The molecule has 0 aliphatic heterocycles. The Hall–Kier alpha value is -1.40. The van der Waals surface area contributed by atoms with Crippen molar-refractivity contribution in [2.24, 2.45) is 0 Å². The third kappa shape index (κ3) is 46.9. The summed E-state index contributed by atoms with van der Waals surface area (Å²) in [6, 6.07) is -0.696. The number of esters is 1. The van der Waals surface area contributed by atoms with Crippen LogP contribution in [0.25, 0.3) is 0 Å². The van der Waals surface area contributed by atoms with Gasteiger partial charge >= 0.3 is 5.97 Å². The summed E-state index contributed by atoms with van der Waals surface area (Å²) in [6.07, 6.45) is 58.4. The summed E-state index contributed by atoms with van der Waals surface area (Å²) in [5.74, 6) is -0.456. The summed E-state index contributed by atoms with van der Waals surface area (Å²) in [6.45, 7) is 6.51. The predicted octanol–water partition coefficient (Wildman–Crippen LogP) is 17.3. The molecule has 0 bridgehead atoms. The molecule has 0 aromatic rings. The normalized spacial score (nSPS) is 13.2. The lowest BCUT2D eigenvalue weighted by Gasteiger charge is -2.24. The van der Waals surface area contributed by atoms with E-state index in [1.54, 1.807) is 0 Å². The van der Waals surface area contributed by atoms with Gasteiger partial charge in [0.15, 0.2) is 0 Å². The molecule has 374 valence electrons. The van der Waals surface area contributed by atoms with Gasteiger partial charge in [-0.3, -0.25) is 9.59 Å². The minimum Gasteiger partial charge on any atom is -0.462 e. The van der Waals surface area contributed by atoms with E-state index >= 15 is 0 Å². The van der Waals surface area contributed by atoms with Gasteiger partial charge in [-0.25, -0.2) is 0 Å². The Morgan fingerprint density at radius 1 is 0.444 bits per heavy atom. The molecule has 0 radical (unpaired) electrons. The number of rotatable bonds is 52. The average Bonchev–Trinajstić information content (AvgIpc) is 3.28. The van der Waals surface area contributed by atoms with Gasteiger partial charge in [0.25, 0.3) is 0 Å². The fraction of sp³-hybridized carbons (Fsp3) is 0.930. The summed E-state index contributed by atoms with van der Waals surface area (Å²) in [4.78, 5) is 26.2. The summed E-state index contributed by atoms with van der Waals surface area (Å²) in [5.41, 5.74) is 0. The van der Waals surface area contributed by atoms with Gasteiger partial charge in [-0.05, 0) is 51.4 Å². The molecule has 6 nitrogen and oxygen atoms in total. The number of carbonyl (C=O) groups excluding carboxylic acids is 2. The number of ether oxygens (including phenoxy) is 1. The highest BCUT2D eigenvalue weighted by Gasteiger charge is 2.24. The zero-order chi connectivity index (χ0) is 45.9. The lowest BCUT2D eigenvalue weighted by Crippen LogP contribution is -2.46. The van der Waals surface area contributed by atoms with Gasteiger partial charge in [0.1, 0.15) is 6.10 Å². The number of aliphatic hydroxyl groups is 2. The lowest BCUT2D eigenvalue weighted by atomic mass is 10.0. The molecule has 0 saturated heterocycles. The third-order valence-electron chi connectivity index (χ3n) is 13.3. The smallest absolute Gasteiger partial charge is 0.306 e. The lowest BCUT2D eigenvalue weighted by molar-refractivity contribution is -0.151. The van der Waals surface area contributed by atoms with E-state index in [0.717, 1.165) is 44.9 Å². The predicted molar refractivity (Wildman–Crippen MR) is 273 cm³/mol. The van der Waals surface area contributed by atoms with Crippen molar-refractivity contribution in [2.45, 2.75) is 334 Å². The second-order valence-corrected chi connectivity index (χ2v) is 19.7. The van der Waals surface area contributed by atoms with Gasteiger partial charge in [-0.2, -0.15) is 0 Å². The van der Waals surface area contributed by atoms with Crippen LogP contribution < -0.4 is 5.32 Å². The van der Waals surface area contributed by atoms with Crippen molar-refractivity contribution in [1.82, 2.24) is 5.32 Å².